The average Bonchev–Trinajstić information content (AvgIpc) is 2.91. The van der Waals surface area contributed by atoms with Crippen molar-refractivity contribution in [3.05, 3.63) is 39.7 Å². The van der Waals surface area contributed by atoms with Crippen molar-refractivity contribution in [2.24, 2.45) is 0 Å². The van der Waals surface area contributed by atoms with Crippen LogP contribution in [0.25, 0.3) is 0 Å². The Hall–Kier alpha value is -1.97. The number of halogens is 1. The zero-order valence-electron chi connectivity index (χ0n) is 10.3. The number of amides is 1. The number of hydrogen-bond acceptors (Lipinski definition) is 4. The summed E-state index contributed by atoms with van der Waals surface area (Å²) in [5.41, 5.74) is 0.368. The number of carboxylic acids is 1. The molecule has 2 N–H and O–H groups in total. The molecule has 20 heavy (non-hydrogen) atoms. The Labute approximate surface area is 128 Å². The summed E-state index contributed by atoms with van der Waals surface area (Å²) >= 11 is 2.02. The van der Waals surface area contributed by atoms with Crippen LogP contribution in [0, 0.1) is 3.57 Å². The van der Waals surface area contributed by atoms with Gasteiger partial charge in [-0.15, -0.1) is 5.10 Å². The van der Waals surface area contributed by atoms with Gasteiger partial charge in [0, 0.05) is 16.2 Å². The summed E-state index contributed by atoms with van der Waals surface area (Å²) in [4.78, 5) is 22.9. The molecule has 104 valence electrons. The highest BCUT2D eigenvalue weighted by atomic mass is 127. The number of aromatic carboxylic acids is 1. The number of anilines is 1. The van der Waals surface area contributed by atoms with Gasteiger partial charge < -0.3 is 10.4 Å². The van der Waals surface area contributed by atoms with E-state index in [1.54, 1.807) is 18.3 Å². The molecule has 0 radical (unpaired) electrons. The molecule has 7 nitrogen and oxygen atoms in total. The normalized spacial score (nSPS) is 10.2. The highest BCUT2D eigenvalue weighted by Gasteiger charge is 2.13. The lowest BCUT2D eigenvalue weighted by Gasteiger charge is -2.09. The van der Waals surface area contributed by atoms with E-state index >= 15 is 0 Å². The Morgan fingerprint density at radius 1 is 1.40 bits per heavy atom. The molecule has 0 saturated carbocycles. The maximum Gasteiger partial charge on any atom is 0.337 e. The minimum atomic E-state index is -1.07. The zero-order chi connectivity index (χ0) is 14.5. The van der Waals surface area contributed by atoms with Gasteiger partial charge >= 0.3 is 5.97 Å². The van der Waals surface area contributed by atoms with Crippen molar-refractivity contribution in [2.75, 3.05) is 5.32 Å². The smallest absolute Gasteiger partial charge is 0.337 e. The first-order chi connectivity index (χ1) is 9.56. The van der Waals surface area contributed by atoms with Crippen LogP contribution >= 0.6 is 22.6 Å². The van der Waals surface area contributed by atoms with Crippen molar-refractivity contribution in [3.63, 3.8) is 0 Å². The number of hydrogen-bond donors (Lipinski definition) is 2. The molecule has 1 amide bonds. The van der Waals surface area contributed by atoms with Gasteiger partial charge in [0.1, 0.15) is 0 Å². The van der Waals surface area contributed by atoms with E-state index in [0.29, 0.717) is 12.2 Å². The molecule has 0 saturated heterocycles. The predicted molar refractivity (Wildman–Crippen MR) is 79.4 cm³/mol. The number of nitrogens with zero attached hydrogens (tertiary/aromatic N) is 3. The molecule has 0 fully saturated rings. The van der Waals surface area contributed by atoms with Gasteiger partial charge in [0.25, 0.3) is 0 Å². The molecular weight excluding hydrogens is 375 g/mol. The molecule has 0 aliphatic rings. The van der Waals surface area contributed by atoms with Crippen LogP contribution in [0.4, 0.5) is 5.69 Å². The molecule has 0 aliphatic heterocycles. The van der Waals surface area contributed by atoms with Gasteiger partial charge in [0.05, 0.1) is 24.0 Å². The Morgan fingerprint density at radius 2 is 2.20 bits per heavy atom. The van der Waals surface area contributed by atoms with Gasteiger partial charge in [-0.1, -0.05) is 5.21 Å². The highest BCUT2D eigenvalue weighted by molar-refractivity contribution is 14.1. The SMILES string of the molecule is O=C(CCn1ccnn1)Nc1ccc(I)cc1C(=O)O. The molecule has 0 aliphatic carbocycles. The fraction of sp³-hybridized carbons (Fsp3) is 0.167. The van der Waals surface area contributed by atoms with E-state index in [1.165, 1.54) is 16.9 Å². The monoisotopic (exact) mass is 386 g/mol. The van der Waals surface area contributed by atoms with E-state index < -0.39 is 5.97 Å². The number of carbonyl (C=O) groups is 2. The quantitative estimate of drug-likeness (QED) is 0.762. The van der Waals surface area contributed by atoms with Crippen LogP contribution in [0.15, 0.2) is 30.6 Å². The van der Waals surface area contributed by atoms with E-state index in [0.717, 1.165) is 3.57 Å². The van der Waals surface area contributed by atoms with Crippen molar-refractivity contribution >= 4 is 40.2 Å². The Balaban J connectivity index is 2.02. The maximum absolute atomic E-state index is 11.8. The Kier molecular flexibility index (Phi) is 4.66. The molecule has 0 bridgehead atoms. The lowest BCUT2D eigenvalue weighted by atomic mass is 10.2. The van der Waals surface area contributed by atoms with E-state index in [4.69, 9.17) is 5.11 Å². The Bertz CT molecular complexity index is 628. The number of aromatic nitrogens is 3. The molecule has 1 aromatic heterocycles. The minimum Gasteiger partial charge on any atom is -0.478 e. The van der Waals surface area contributed by atoms with Crippen molar-refractivity contribution in [3.8, 4) is 0 Å². The van der Waals surface area contributed by atoms with Gasteiger partial charge in [-0.05, 0) is 40.8 Å². The largest absolute Gasteiger partial charge is 0.478 e. The molecule has 2 rings (SSSR count). The first kappa shape index (κ1) is 14.4. The Morgan fingerprint density at radius 3 is 2.85 bits per heavy atom. The van der Waals surface area contributed by atoms with Gasteiger partial charge in [0.2, 0.25) is 5.91 Å². The van der Waals surface area contributed by atoms with Crippen LogP contribution in [-0.4, -0.2) is 32.0 Å². The van der Waals surface area contributed by atoms with E-state index in [1.807, 2.05) is 22.6 Å². The van der Waals surface area contributed by atoms with Crippen LogP contribution in [0.1, 0.15) is 16.8 Å². The van der Waals surface area contributed by atoms with Crippen molar-refractivity contribution in [2.45, 2.75) is 13.0 Å². The van der Waals surface area contributed by atoms with Gasteiger partial charge in [-0.25, -0.2) is 4.79 Å². The highest BCUT2D eigenvalue weighted by Crippen LogP contribution is 2.19. The summed E-state index contributed by atoms with van der Waals surface area (Å²) in [5.74, 6) is -1.35. The molecule has 8 heteroatoms. The topological polar surface area (TPSA) is 97.1 Å². The van der Waals surface area contributed by atoms with Crippen LogP contribution in [-0.2, 0) is 11.3 Å². The first-order valence-corrected chi connectivity index (χ1v) is 6.81. The standard InChI is InChI=1S/C12H11IN4O3/c13-8-1-2-10(9(7-8)12(19)20)15-11(18)3-5-17-6-4-14-16-17/h1-2,4,6-7H,3,5H2,(H,15,18)(H,19,20). The number of rotatable bonds is 5. The third kappa shape index (κ3) is 3.76. The third-order valence-corrected chi connectivity index (χ3v) is 3.20. The summed E-state index contributed by atoms with van der Waals surface area (Å²) < 4.78 is 2.33. The second-order valence-electron chi connectivity index (χ2n) is 3.96. The maximum atomic E-state index is 11.8. The zero-order valence-corrected chi connectivity index (χ0v) is 12.4. The second kappa shape index (κ2) is 6.46. The lowest BCUT2D eigenvalue weighted by molar-refractivity contribution is -0.116. The molecule has 2 aromatic rings. The molecule has 1 aromatic carbocycles. The number of benzene rings is 1. The summed E-state index contributed by atoms with van der Waals surface area (Å²) in [6.07, 6.45) is 3.37. The van der Waals surface area contributed by atoms with Crippen LogP contribution in [0.2, 0.25) is 0 Å². The molecule has 0 atom stereocenters. The molecule has 1 heterocycles. The minimum absolute atomic E-state index is 0.0750. The lowest BCUT2D eigenvalue weighted by Crippen LogP contribution is -2.17. The summed E-state index contributed by atoms with van der Waals surface area (Å²) in [6.45, 7) is 0.388. The van der Waals surface area contributed by atoms with Crippen LogP contribution in [0.5, 0.6) is 0 Å². The molecule has 0 spiro atoms. The summed E-state index contributed by atoms with van der Waals surface area (Å²) in [6, 6.07) is 4.83. The molecule has 0 unspecified atom stereocenters. The van der Waals surface area contributed by atoms with Crippen molar-refractivity contribution in [1.29, 1.82) is 0 Å². The van der Waals surface area contributed by atoms with E-state index in [-0.39, 0.29) is 17.9 Å². The van der Waals surface area contributed by atoms with E-state index in [2.05, 4.69) is 15.6 Å². The fourth-order valence-electron chi connectivity index (χ4n) is 1.58. The molecular formula is C12H11IN4O3. The average molecular weight is 386 g/mol. The van der Waals surface area contributed by atoms with E-state index in [9.17, 15) is 9.59 Å². The third-order valence-electron chi connectivity index (χ3n) is 2.53. The van der Waals surface area contributed by atoms with Gasteiger partial charge in [-0.3, -0.25) is 9.48 Å². The predicted octanol–water partition coefficient (Wildman–Crippen LogP) is 1.61. The van der Waals surface area contributed by atoms with Crippen LogP contribution < -0.4 is 5.32 Å². The fourth-order valence-corrected chi connectivity index (χ4v) is 2.07. The number of carboxylic acid groups (broad SMARTS) is 1. The summed E-state index contributed by atoms with van der Waals surface area (Å²) in [5, 5.41) is 19.1. The van der Waals surface area contributed by atoms with Crippen molar-refractivity contribution in [1.82, 2.24) is 15.0 Å². The number of nitrogens with one attached hydrogen (secondary N) is 1. The number of aryl methyl sites for hydroxylation is 1. The van der Waals surface area contributed by atoms with Crippen LogP contribution in [0.3, 0.4) is 0 Å². The second-order valence-corrected chi connectivity index (χ2v) is 5.20. The first-order valence-electron chi connectivity index (χ1n) is 5.73. The van der Waals surface area contributed by atoms with Gasteiger partial charge in [-0.2, -0.15) is 0 Å². The number of carbonyl (C=O) groups excluding carboxylic acids is 1. The summed E-state index contributed by atoms with van der Waals surface area (Å²) in [7, 11) is 0. The van der Waals surface area contributed by atoms with Crippen molar-refractivity contribution < 1.29 is 14.7 Å². The van der Waals surface area contributed by atoms with Gasteiger partial charge in [0.15, 0.2) is 0 Å².